The smallest absolute Gasteiger partial charge is 0.122 e. The molecule has 0 heterocycles. The van der Waals surface area contributed by atoms with Gasteiger partial charge in [-0.05, 0) is 29.7 Å². The van der Waals surface area contributed by atoms with Crippen LogP contribution in [-0.2, 0) is 6.42 Å². The number of alkyl halides is 1. The molecule has 1 rings (SSSR count). The summed E-state index contributed by atoms with van der Waals surface area (Å²) in [7, 11) is 1.66. The van der Waals surface area contributed by atoms with Gasteiger partial charge < -0.3 is 9.84 Å². The van der Waals surface area contributed by atoms with Crippen molar-refractivity contribution < 1.29 is 9.84 Å². The van der Waals surface area contributed by atoms with Gasteiger partial charge in [-0.15, -0.1) is 0 Å². The molecule has 0 amide bonds. The van der Waals surface area contributed by atoms with Crippen LogP contribution in [0.2, 0.25) is 0 Å². The second-order valence-corrected chi connectivity index (χ2v) is 3.74. The van der Waals surface area contributed by atoms with Crippen LogP contribution in [0.4, 0.5) is 0 Å². The molecular formula is C11H15BrO2. The number of hydrogen-bond acceptors (Lipinski definition) is 2. The SMILES string of the molecule is CCc1cc(C(O)CBr)ccc1OC. The molecule has 0 aliphatic rings. The largest absolute Gasteiger partial charge is 0.496 e. The summed E-state index contributed by atoms with van der Waals surface area (Å²) in [6, 6.07) is 5.79. The lowest BCUT2D eigenvalue weighted by molar-refractivity contribution is 0.205. The quantitative estimate of drug-likeness (QED) is 0.842. The first-order valence-electron chi connectivity index (χ1n) is 4.63. The molecular weight excluding hydrogens is 244 g/mol. The van der Waals surface area contributed by atoms with E-state index in [4.69, 9.17) is 4.74 Å². The fraction of sp³-hybridized carbons (Fsp3) is 0.455. The van der Waals surface area contributed by atoms with Crippen molar-refractivity contribution in [3.05, 3.63) is 29.3 Å². The molecule has 1 aromatic carbocycles. The van der Waals surface area contributed by atoms with Crippen molar-refractivity contribution in [1.29, 1.82) is 0 Å². The van der Waals surface area contributed by atoms with E-state index in [2.05, 4.69) is 22.9 Å². The van der Waals surface area contributed by atoms with E-state index < -0.39 is 6.10 Å². The Labute approximate surface area is 93.0 Å². The van der Waals surface area contributed by atoms with Crippen molar-refractivity contribution in [2.24, 2.45) is 0 Å². The van der Waals surface area contributed by atoms with Gasteiger partial charge in [0.2, 0.25) is 0 Å². The Morgan fingerprint density at radius 3 is 2.71 bits per heavy atom. The van der Waals surface area contributed by atoms with E-state index in [9.17, 15) is 5.11 Å². The summed E-state index contributed by atoms with van der Waals surface area (Å²) in [6.45, 7) is 2.07. The summed E-state index contributed by atoms with van der Waals surface area (Å²) in [4.78, 5) is 0. The first kappa shape index (κ1) is 11.5. The van der Waals surface area contributed by atoms with Gasteiger partial charge in [0.25, 0.3) is 0 Å². The van der Waals surface area contributed by atoms with Gasteiger partial charge in [0, 0.05) is 5.33 Å². The highest BCUT2D eigenvalue weighted by Crippen LogP contribution is 2.24. The van der Waals surface area contributed by atoms with Crippen molar-refractivity contribution in [3.63, 3.8) is 0 Å². The van der Waals surface area contributed by atoms with Crippen LogP contribution in [-0.4, -0.2) is 17.5 Å². The maximum Gasteiger partial charge on any atom is 0.122 e. The van der Waals surface area contributed by atoms with Crippen LogP contribution < -0.4 is 4.74 Å². The van der Waals surface area contributed by atoms with E-state index in [0.29, 0.717) is 5.33 Å². The van der Waals surface area contributed by atoms with Gasteiger partial charge in [0.15, 0.2) is 0 Å². The van der Waals surface area contributed by atoms with Crippen LogP contribution in [0.1, 0.15) is 24.2 Å². The van der Waals surface area contributed by atoms with E-state index in [1.54, 1.807) is 7.11 Å². The Morgan fingerprint density at radius 1 is 1.50 bits per heavy atom. The van der Waals surface area contributed by atoms with Gasteiger partial charge in [-0.2, -0.15) is 0 Å². The first-order chi connectivity index (χ1) is 6.72. The van der Waals surface area contributed by atoms with Gasteiger partial charge >= 0.3 is 0 Å². The minimum absolute atomic E-state index is 0.439. The molecule has 0 radical (unpaired) electrons. The molecule has 0 bridgehead atoms. The number of methoxy groups -OCH3 is 1. The maximum atomic E-state index is 9.63. The van der Waals surface area contributed by atoms with Crippen molar-refractivity contribution in [2.45, 2.75) is 19.4 Å². The predicted molar refractivity (Wildman–Crippen MR) is 61.1 cm³/mol. The monoisotopic (exact) mass is 258 g/mol. The lowest BCUT2D eigenvalue weighted by Gasteiger charge is -2.12. The lowest BCUT2D eigenvalue weighted by atomic mass is 10.0. The molecule has 2 nitrogen and oxygen atoms in total. The molecule has 3 heteroatoms. The molecule has 14 heavy (non-hydrogen) atoms. The zero-order valence-electron chi connectivity index (χ0n) is 8.46. The fourth-order valence-electron chi connectivity index (χ4n) is 1.37. The Balaban J connectivity index is 3.01. The number of aliphatic hydroxyl groups excluding tert-OH is 1. The average Bonchev–Trinajstić information content (AvgIpc) is 2.26. The van der Waals surface area contributed by atoms with E-state index in [-0.39, 0.29) is 0 Å². The molecule has 0 aliphatic heterocycles. The summed E-state index contributed by atoms with van der Waals surface area (Å²) in [6.07, 6.45) is 0.470. The number of rotatable bonds is 4. The topological polar surface area (TPSA) is 29.5 Å². The maximum absolute atomic E-state index is 9.63. The van der Waals surface area contributed by atoms with E-state index >= 15 is 0 Å². The van der Waals surface area contributed by atoms with Crippen LogP contribution in [0, 0.1) is 0 Å². The van der Waals surface area contributed by atoms with E-state index in [1.165, 1.54) is 0 Å². The number of hydrogen-bond donors (Lipinski definition) is 1. The zero-order chi connectivity index (χ0) is 10.6. The number of ether oxygens (including phenoxy) is 1. The summed E-state index contributed by atoms with van der Waals surface area (Å²) in [5.41, 5.74) is 2.06. The summed E-state index contributed by atoms with van der Waals surface area (Å²) < 4.78 is 5.21. The highest BCUT2D eigenvalue weighted by molar-refractivity contribution is 9.09. The van der Waals surface area contributed by atoms with Gasteiger partial charge in [0.1, 0.15) is 5.75 Å². The van der Waals surface area contributed by atoms with Gasteiger partial charge in [0.05, 0.1) is 13.2 Å². The summed E-state index contributed by atoms with van der Waals surface area (Å²) >= 11 is 3.25. The Morgan fingerprint density at radius 2 is 2.21 bits per heavy atom. The van der Waals surface area contributed by atoms with E-state index in [1.807, 2.05) is 18.2 Å². The minimum Gasteiger partial charge on any atom is -0.496 e. The van der Waals surface area contributed by atoms with Crippen LogP contribution in [0.5, 0.6) is 5.75 Å². The van der Waals surface area contributed by atoms with Gasteiger partial charge in [-0.3, -0.25) is 0 Å². The molecule has 0 fully saturated rings. The predicted octanol–water partition coefficient (Wildman–Crippen LogP) is 2.69. The Hall–Kier alpha value is -0.540. The number of halogens is 1. The molecule has 0 aliphatic carbocycles. The molecule has 0 saturated heterocycles. The molecule has 1 aromatic rings. The van der Waals surface area contributed by atoms with Crippen molar-refractivity contribution >= 4 is 15.9 Å². The van der Waals surface area contributed by atoms with Crippen molar-refractivity contribution in [3.8, 4) is 5.75 Å². The number of aryl methyl sites for hydroxylation is 1. The zero-order valence-corrected chi connectivity index (χ0v) is 10.0. The third-order valence-electron chi connectivity index (χ3n) is 2.22. The van der Waals surface area contributed by atoms with Crippen LogP contribution in [0.3, 0.4) is 0 Å². The molecule has 0 aromatic heterocycles. The normalized spacial score (nSPS) is 12.6. The molecule has 1 unspecified atom stereocenters. The second kappa shape index (κ2) is 5.37. The average molecular weight is 259 g/mol. The molecule has 78 valence electrons. The Kier molecular flexibility index (Phi) is 4.42. The summed E-state index contributed by atoms with van der Waals surface area (Å²) in [5.74, 6) is 0.887. The standard InChI is InChI=1S/C11H15BrO2/c1-3-8-6-9(10(13)7-12)4-5-11(8)14-2/h4-6,10,13H,3,7H2,1-2H3. The number of benzene rings is 1. The lowest BCUT2D eigenvalue weighted by Crippen LogP contribution is -2.00. The fourth-order valence-corrected chi connectivity index (χ4v) is 1.74. The van der Waals surface area contributed by atoms with Crippen molar-refractivity contribution in [1.82, 2.24) is 0 Å². The molecule has 0 spiro atoms. The molecule has 0 saturated carbocycles. The summed E-state index contributed by atoms with van der Waals surface area (Å²) in [5, 5.41) is 10.2. The Bertz CT molecular complexity index is 299. The van der Waals surface area contributed by atoms with Gasteiger partial charge in [-0.1, -0.05) is 28.9 Å². The third-order valence-corrected chi connectivity index (χ3v) is 2.83. The number of aliphatic hydroxyl groups is 1. The van der Waals surface area contributed by atoms with Crippen LogP contribution in [0.15, 0.2) is 18.2 Å². The minimum atomic E-state index is -0.439. The highest BCUT2D eigenvalue weighted by Gasteiger charge is 2.08. The highest BCUT2D eigenvalue weighted by atomic mass is 79.9. The van der Waals surface area contributed by atoms with Crippen molar-refractivity contribution in [2.75, 3.05) is 12.4 Å². The first-order valence-corrected chi connectivity index (χ1v) is 5.75. The third kappa shape index (κ3) is 2.49. The molecule has 1 N–H and O–H groups in total. The molecule has 1 atom stereocenters. The second-order valence-electron chi connectivity index (χ2n) is 3.09. The van der Waals surface area contributed by atoms with Gasteiger partial charge in [-0.25, -0.2) is 0 Å². The van der Waals surface area contributed by atoms with Crippen LogP contribution >= 0.6 is 15.9 Å². The van der Waals surface area contributed by atoms with E-state index in [0.717, 1.165) is 23.3 Å². The van der Waals surface area contributed by atoms with Crippen LogP contribution in [0.25, 0.3) is 0 Å².